The number of rotatable bonds is 6. The van der Waals surface area contributed by atoms with Crippen LogP contribution in [-0.4, -0.2) is 45.0 Å². The molecular weight excluding hydrogens is 433 g/mol. The van der Waals surface area contributed by atoms with Gasteiger partial charge in [-0.1, -0.05) is 18.2 Å². The van der Waals surface area contributed by atoms with Crippen molar-refractivity contribution in [1.29, 1.82) is 0 Å². The normalized spacial score (nSPS) is 25.8. The van der Waals surface area contributed by atoms with E-state index in [4.69, 9.17) is 4.74 Å². The maximum Gasteiger partial charge on any atom is 0.226 e. The van der Waals surface area contributed by atoms with Gasteiger partial charge in [-0.3, -0.25) is 0 Å². The molecule has 2 saturated heterocycles. The second-order valence-electron chi connectivity index (χ2n) is 10.1. The Labute approximate surface area is 198 Å². The molecule has 3 aromatic rings. The molecule has 3 N–H and O–H groups in total. The number of pyridine rings is 1. The molecule has 34 heavy (non-hydrogen) atoms. The number of para-hydroxylation sites is 1. The van der Waals surface area contributed by atoms with Gasteiger partial charge in [0.15, 0.2) is 0 Å². The minimum absolute atomic E-state index is 0.0287. The summed E-state index contributed by atoms with van der Waals surface area (Å²) in [5, 5.41) is 26.2. The molecular formula is C26H30FN5O2. The fourth-order valence-corrected chi connectivity index (χ4v) is 5.76. The number of fused-ring (bicyclic) bond motifs is 2. The van der Waals surface area contributed by atoms with Crippen molar-refractivity contribution < 1.29 is 14.2 Å². The molecule has 2 unspecified atom stereocenters. The van der Waals surface area contributed by atoms with E-state index in [1.165, 1.54) is 20.0 Å². The minimum Gasteiger partial charge on any atom is -0.507 e. The maximum atomic E-state index is 15.1. The second kappa shape index (κ2) is 8.51. The van der Waals surface area contributed by atoms with E-state index in [9.17, 15) is 5.11 Å². The molecule has 1 aromatic carbocycles. The predicted molar refractivity (Wildman–Crippen MR) is 129 cm³/mol. The summed E-state index contributed by atoms with van der Waals surface area (Å²) in [6, 6.07) is 11.9. The van der Waals surface area contributed by atoms with Crippen LogP contribution in [-0.2, 0) is 0 Å². The van der Waals surface area contributed by atoms with E-state index in [0.717, 1.165) is 19.4 Å². The summed E-state index contributed by atoms with van der Waals surface area (Å²) < 4.78 is 20.2. The van der Waals surface area contributed by atoms with Gasteiger partial charge in [0.1, 0.15) is 11.6 Å². The molecule has 2 aliphatic heterocycles. The van der Waals surface area contributed by atoms with E-state index in [1.54, 1.807) is 42.5 Å². The zero-order chi connectivity index (χ0) is 23.9. The first kappa shape index (κ1) is 22.5. The average Bonchev–Trinajstić information content (AvgIpc) is 3.04. The van der Waals surface area contributed by atoms with Crippen molar-refractivity contribution in [3.05, 3.63) is 48.4 Å². The lowest BCUT2D eigenvalue weighted by Crippen LogP contribution is -2.54. The van der Waals surface area contributed by atoms with Crippen LogP contribution in [0.15, 0.2) is 42.5 Å². The lowest BCUT2D eigenvalue weighted by Gasteiger charge is -2.42. The first-order chi connectivity index (χ1) is 16.3. The average molecular weight is 464 g/mol. The van der Waals surface area contributed by atoms with E-state index in [2.05, 4.69) is 39.7 Å². The zero-order valence-electron chi connectivity index (χ0n) is 19.7. The molecule has 2 atom stereocenters. The van der Waals surface area contributed by atoms with Gasteiger partial charge >= 0.3 is 0 Å². The van der Waals surface area contributed by atoms with Gasteiger partial charge < -0.3 is 20.5 Å². The van der Waals surface area contributed by atoms with Crippen LogP contribution in [0, 0.1) is 11.9 Å². The van der Waals surface area contributed by atoms with E-state index in [1.807, 2.05) is 0 Å². The summed E-state index contributed by atoms with van der Waals surface area (Å²) in [6.07, 6.45) is 4.70. The molecule has 2 aliphatic rings. The number of hydrogen-bond acceptors (Lipinski definition) is 7. The van der Waals surface area contributed by atoms with Crippen LogP contribution in [0.3, 0.4) is 0 Å². The van der Waals surface area contributed by atoms with Crippen LogP contribution in [0.2, 0.25) is 0 Å². The van der Waals surface area contributed by atoms with Gasteiger partial charge in [-0.05, 0) is 63.6 Å². The zero-order valence-corrected chi connectivity index (χ0v) is 19.7. The van der Waals surface area contributed by atoms with Crippen molar-refractivity contribution in [2.45, 2.75) is 50.6 Å². The Balaban J connectivity index is 1.38. The predicted octanol–water partition coefficient (Wildman–Crippen LogP) is 4.78. The summed E-state index contributed by atoms with van der Waals surface area (Å²) in [7, 11) is 1.42. The van der Waals surface area contributed by atoms with E-state index in [0.29, 0.717) is 28.6 Å². The Morgan fingerprint density at radius 1 is 1.09 bits per heavy atom. The van der Waals surface area contributed by atoms with Crippen molar-refractivity contribution in [3.63, 3.8) is 0 Å². The highest BCUT2D eigenvalue weighted by molar-refractivity contribution is 5.85. The number of nitrogens with one attached hydrogen (secondary N) is 2. The fraction of sp³-hybridized carbons (Fsp3) is 0.423. The number of anilines is 1. The SMILES string of the molecule is COc1cc(-c2ccccc2O)c(-c2ccc(NCC3CC4(C)CCC(C)(C3)N4)nn2)c(F)n1. The number of ether oxygens (including phenoxy) is 1. The van der Waals surface area contributed by atoms with Gasteiger partial charge in [0.25, 0.3) is 0 Å². The molecule has 5 rings (SSSR count). The number of aromatic hydroxyl groups is 1. The van der Waals surface area contributed by atoms with E-state index in [-0.39, 0.29) is 28.3 Å². The van der Waals surface area contributed by atoms with Gasteiger partial charge in [-0.25, -0.2) is 0 Å². The molecule has 0 amide bonds. The molecule has 0 saturated carbocycles. The first-order valence-electron chi connectivity index (χ1n) is 11.7. The summed E-state index contributed by atoms with van der Waals surface area (Å²) in [4.78, 5) is 3.88. The molecule has 2 aromatic heterocycles. The molecule has 0 spiro atoms. The number of phenolic OH excluding ortho intramolecular Hbond substituents is 1. The van der Waals surface area contributed by atoms with Gasteiger partial charge in [-0.2, -0.15) is 9.37 Å². The standard InChI is InChI=1S/C26H30FN5O2/c1-25-10-11-26(2,32-25)14-16(13-25)15-28-21-9-8-19(30-31-21)23-18(12-22(34-3)29-24(23)27)17-6-4-5-7-20(17)33/h4-9,12,16,32-33H,10-11,13-15H2,1-3H3,(H,28,31). The third kappa shape index (κ3) is 4.30. The monoisotopic (exact) mass is 463 g/mol. The topological polar surface area (TPSA) is 92.2 Å². The minimum atomic E-state index is -0.737. The van der Waals surface area contributed by atoms with Crippen LogP contribution in [0.1, 0.15) is 39.5 Å². The number of hydrogen-bond donors (Lipinski definition) is 3. The molecule has 7 nitrogen and oxygen atoms in total. The number of methoxy groups -OCH3 is 1. The van der Waals surface area contributed by atoms with Crippen LogP contribution < -0.4 is 15.4 Å². The number of halogens is 1. The van der Waals surface area contributed by atoms with Gasteiger partial charge in [-0.15, -0.1) is 10.2 Å². The Morgan fingerprint density at radius 3 is 2.47 bits per heavy atom. The Kier molecular flexibility index (Phi) is 5.64. The highest BCUT2D eigenvalue weighted by atomic mass is 19.1. The van der Waals surface area contributed by atoms with Crippen LogP contribution >= 0.6 is 0 Å². The number of nitrogens with zero attached hydrogens (tertiary/aromatic N) is 3. The highest BCUT2D eigenvalue weighted by Gasteiger charge is 2.48. The van der Waals surface area contributed by atoms with Crippen LogP contribution in [0.25, 0.3) is 22.4 Å². The highest BCUT2D eigenvalue weighted by Crippen LogP contribution is 2.44. The van der Waals surface area contributed by atoms with Crippen molar-refractivity contribution in [2.75, 3.05) is 19.0 Å². The third-order valence-electron chi connectivity index (χ3n) is 7.16. The number of piperidine rings is 1. The maximum absolute atomic E-state index is 15.1. The van der Waals surface area contributed by atoms with Gasteiger partial charge in [0.05, 0.1) is 18.4 Å². The third-order valence-corrected chi connectivity index (χ3v) is 7.16. The molecule has 0 radical (unpaired) electrons. The van der Waals surface area contributed by atoms with E-state index < -0.39 is 5.95 Å². The lowest BCUT2D eigenvalue weighted by atomic mass is 9.80. The summed E-state index contributed by atoms with van der Waals surface area (Å²) in [5.41, 5.74) is 1.82. The quantitative estimate of drug-likeness (QED) is 0.453. The smallest absolute Gasteiger partial charge is 0.226 e. The van der Waals surface area contributed by atoms with Crippen LogP contribution in [0.5, 0.6) is 11.6 Å². The van der Waals surface area contributed by atoms with Crippen molar-refractivity contribution in [3.8, 4) is 34.0 Å². The lowest BCUT2D eigenvalue weighted by molar-refractivity contribution is 0.178. The second-order valence-corrected chi connectivity index (χ2v) is 10.1. The first-order valence-corrected chi connectivity index (χ1v) is 11.7. The molecule has 0 aliphatic carbocycles. The summed E-state index contributed by atoms with van der Waals surface area (Å²) in [6.45, 7) is 5.46. The Morgan fingerprint density at radius 2 is 1.82 bits per heavy atom. The molecule has 2 bridgehead atoms. The molecule has 8 heteroatoms. The Hall–Kier alpha value is -3.26. The number of benzene rings is 1. The van der Waals surface area contributed by atoms with Crippen molar-refractivity contribution >= 4 is 5.82 Å². The van der Waals surface area contributed by atoms with Gasteiger partial charge in [0.2, 0.25) is 11.8 Å². The summed E-state index contributed by atoms with van der Waals surface area (Å²) >= 11 is 0. The molecule has 2 fully saturated rings. The summed E-state index contributed by atoms with van der Waals surface area (Å²) in [5.74, 6) is 0.608. The van der Waals surface area contributed by atoms with Crippen molar-refractivity contribution in [2.24, 2.45) is 5.92 Å². The van der Waals surface area contributed by atoms with E-state index >= 15 is 4.39 Å². The molecule has 178 valence electrons. The fourth-order valence-electron chi connectivity index (χ4n) is 5.76. The number of phenols is 1. The van der Waals surface area contributed by atoms with Crippen LogP contribution in [0.4, 0.5) is 10.2 Å². The largest absolute Gasteiger partial charge is 0.507 e. The molecule has 4 heterocycles. The number of aromatic nitrogens is 3. The van der Waals surface area contributed by atoms with Crippen molar-refractivity contribution in [1.82, 2.24) is 20.5 Å². The van der Waals surface area contributed by atoms with Gasteiger partial charge in [0, 0.05) is 34.8 Å². The Bertz CT molecular complexity index is 1190.